The molecule has 0 amide bonds. The maximum absolute atomic E-state index is 12.0. The van der Waals surface area contributed by atoms with E-state index in [1.807, 2.05) is 6.92 Å². The lowest BCUT2D eigenvalue weighted by Gasteiger charge is -2.33. The number of hydrogen-bond acceptors (Lipinski definition) is 4. The lowest BCUT2D eigenvalue weighted by Crippen LogP contribution is -2.43. The van der Waals surface area contributed by atoms with Gasteiger partial charge in [0.2, 0.25) is 0 Å². The van der Waals surface area contributed by atoms with E-state index in [0.29, 0.717) is 18.4 Å². The van der Waals surface area contributed by atoms with Gasteiger partial charge in [-0.05, 0) is 38.0 Å². The Labute approximate surface area is 141 Å². The molecular formula is C17H34ClNO3. The third-order valence-electron chi connectivity index (χ3n) is 4.15. The van der Waals surface area contributed by atoms with Crippen molar-refractivity contribution in [2.24, 2.45) is 17.6 Å². The van der Waals surface area contributed by atoms with Crippen LogP contribution in [0.15, 0.2) is 0 Å². The average molecular weight is 336 g/mol. The van der Waals surface area contributed by atoms with Crippen molar-refractivity contribution in [3.63, 3.8) is 0 Å². The van der Waals surface area contributed by atoms with Gasteiger partial charge in [-0.15, -0.1) is 12.4 Å². The van der Waals surface area contributed by atoms with Gasteiger partial charge in [-0.1, -0.05) is 40.0 Å². The van der Waals surface area contributed by atoms with Crippen LogP contribution in [0.3, 0.4) is 0 Å². The normalized spacial score (nSPS) is 30.5. The Bertz CT molecular complexity index is 312. The Morgan fingerprint density at radius 3 is 2.55 bits per heavy atom. The number of nitrogens with two attached hydrogens (primary N) is 1. The van der Waals surface area contributed by atoms with Crippen LogP contribution in [0, 0.1) is 11.8 Å². The Kier molecular flexibility index (Phi) is 11.1. The van der Waals surface area contributed by atoms with Crippen molar-refractivity contribution >= 4 is 18.4 Å². The summed E-state index contributed by atoms with van der Waals surface area (Å²) in [6.07, 6.45) is 5.97. The topological polar surface area (TPSA) is 61.6 Å². The molecule has 4 nitrogen and oxygen atoms in total. The van der Waals surface area contributed by atoms with Crippen LogP contribution >= 0.6 is 12.4 Å². The maximum Gasteiger partial charge on any atom is 0.323 e. The zero-order valence-corrected chi connectivity index (χ0v) is 15.4. The Morgan fingerprint density at radius 1 is 1.32 bits per heavy atom. The maximum atomic E-state index is 12.0. The van der Waals surface area contributed by atoms with Crippen LogP contribution in [-0.2, 0) is 14.3 Å². The lowest BCUT2D eigenvalue weighted by molar-refractivity contribution is -0.163. The quantitative estimate of drug-likeness (QED) is 0.778. The summed E-state index contributed by atoms with van der Waals surface area (Å²) in [5.74, 6) is 0.663. The molecule has 0 aromatic rings. The summed E-state index contributed by atoms with van der Waals surface area (Å²) in [5, 5.41) is 0. The Morgan fingerprint density at radius 2 is 1.95 bits per heavy atom. The predicted molar refractivity (Wildman–Crippen MR) is 92.2 cm³/mol. The monoisotopic (exact) mass is 335 g/mol. The molecule has 1 saturated heterocycles. The van der Waals surface area contributed by atoms with Crippen molar-refractivity contribution in [1.29, 1.82) is 0 Å². The van der Waals surface area contributed by atoms with E-state index in [9.17, 15) is 4.79 Å². The summed E-state index contributed by atoms with van der Waals surface area (Å²) in [4.78, 5) is 12.0. The van der Waals surface area contributed by atoms with Crippen LogP contribution in [0.2, 0.25) is 0 Å². The molecule has 1 heterocycles. The first-order valence-corrected chi connectivity index (χ1v) is 8.53. The number of cyclic esters (lactones) is 1. The van der Waals surface area contributed by atoms with Crippen LogP contribution in [0.4, 0.5) is 0 Å². The smallest absolute Gasteiger partial charge is 0.323 e. The zero-order chi connectivity index (χ0) is 15.8. The third-order valence-corrected chi connectivity index (χ3v) is 4.15. The van der Waals surface area contributed by atoms with E-state index in [1.165, 1.54) is 0 Å². The molecule has 5 heteroatoms. The van der Waals surface area contributed by atoms with E-state index >= 15 is 0 Å². The molecule has 132 valence electrons. The lowest BCUT2D eigenvalue weighted by atomic mass is 9.87. The van der Waals surface area contributed by atoms with Gasteiger partial charge in [-0.3, -0.25) is 4.79 Å². The first-order chi connectivity index (χ1) is 9.95. The molecule has 1 aliphatic heterocycles. The molecule has 0 spiro atoms. The molecule has 0 unspecified atom stereocenters. The summed E-state index contributed by atoms with van der Waals surface area (Å²) < 4.78 is 11.7. The van der Waals surface area contributed by atoms with E-state index in [4.69, 9.17) is 15.2 Å². The number of ether oxygens (including phenoxy) is 2. The van der Waals surface area contributed by atoms with E-state index in [1.54, 1.807) is 0 Å². The van der Waals surface area contributed by atoms with Gasteiger partial charge in [-0.2, -0.15) is 0 Å². The fourth-order valence-corrected chi connectivity index (χ4v) is 3.03. The molecule has 0 aromatic heterocycles. The largest absolute Gasteiger partial charge is 0.459 e. The molecule has 22 heavy (non-hydrogen) atoms. The molecule has 0 bridgehead atoms. The molecule has 0 aromatic carbocycles. The van der Waals surface area contributed by atoms with Crippen molar-refractivity contribution in [2.45, 2.75) is 84.5 Å². The van der Waals surface area contributed by atoms with Crippen LogP contribution < -0.4 is 5.73 Å². The van der Waals surface area contributed by atoms with Crippen LogP contribution in [0.1, 0.15) is 66.2 Å². The standard InChI is InChI=1S/C17H33NO3.ClH/c1-5-8-14-9-6-7-10-15(18)17(19)21-13(4)16(14)20-11-12(2)3;/h12-16H,5-11,18H2,1-4H3;1H/t13-,14-,15-,16-;/m0./s1. The summed E-state index contributed by atoms with van der Waals surface area (Å²) >= 11 is 0. The first-order valence-electron chi connectivity index (χ1n) is 8.53. The average Bonchev–Trinajstić information content (AvgIpc) is 2.41. The van der Waals surface area contributed by atoms with Crippen molar-refractivity contribution in [1.82, 2.24) is 0 Å². The molecule has 0 saturated carbocycles. The molecule has 0 radical (unpaired) electrons. The highest BCUT2D eigenvalue weighted by Crippen LogP contribution is 2.27. The van der Waals surface area contributed by atoms with Gasteiger partial charge in [0.05, 0.1) is 6.10 Å². The second-order valence-corrected chi connectivity index (χ2v) is 6.77. The fraction of sp³-hybridized carbons (Fsp3) is 0.941. The van der Waals surface area contributed by atoms with Gasteiger partial charge in [0.1, 0.15) is 12.1 Å². The van der Waals surface area contributed by atoms with Gasteiger partial charge >= 0.3 is 5.97 Å². The van der Waals surface area contributed by atoms with E-state index in [0.717, 1.165) is 38.5 Å². The summed E-state index contributed by atoms with van der Waals surface area (Å²) in [5.41, 5.74) is 5.88. The summed E-state index contributed by atoms with van der Waals surface area (Å²) in [6, 6.07) is -0.485. The number of esters is 1. The number of carbonyl (C=O) groups is 1. The Hall–Kier alpha value is -0.320. The number of halogens is 1. The van der Waals surface area contributed by atoms with Crippen LogP contribution in [-0.4, -0.2) is 30.8 Å². The molecule has 0 aliphatic carbocycles. The Balaban J connectivity index is 0.00000441. The van der Waals surface area contributed by atoms with Crippen molar-refractivity contribution in [3.8, 4) is 0 Å². The van der Waals surface area contributed by atoms with Gasteiger partial charge in [0, 0.05) is 6.61 Å². The second-order valence-electron chi connectivity index (χ2n) is 6.77. The van der Waals surface area contributed by atoms with Gasteiger partial charge in [0.25, 0.3) is 0 Å². The van der Waals surface area contributed by atoms with Crippen LogP contribution in [0.5, 0.6) is 0 Å². The highest BCUT2D eigenvalue weighted by atomic mass is 35.5. The van der Waals surface area contributed by atoms with Crippen molar-refractivity contribution < 1.29 is 14.3 Å². The minimum absolute atomic E-state index is 0. The van der Waals surface area contributed by atoms with Crippen LogP contribution in [0.25, 0.3) is 0 Å². The predicted octanol–water partition coefficient (Wildman–Crippen LogP) is 3.70. The fourth-order valence-electron chi connectivity index (χ4n) is 3.03. The zero-order valence-electron chi connectivity index (χ0n) is 14.5. The first kappa shape index (κ1) is 21.7. The summed E-state index contributed by atoms with van der Waals surface area (Å²) in [7, 11) is 0. The molecule has 1 rings (SSSR count). The number of hydrogen-bond donors (Lipinski definition) is 1. The van der Waals surface area contributed by atoms with E-state index in [-0.39, 0.29) is 30.6 Å². The third kappa shape index (κ3) is 7.30. The number of rotatable bonds is 5. The minimum atomic E-state index is -0.485. The van der Waals surface area contributed by atoms with Gasteiger partial charge in [-0.25, -0.2) is 0 Å². The SMILES string of the molecule is CCC[C@H]1CCCC[C@H](N)C(=O)O[C@@H](C)[C@@H]1OCC(C)C.Cl. The second kappa shape index (κ2) is 11.3. The van der Waals surface area contributed by atoms with E-state index < -0.39 is 6.04 Å². The van der Waals surface area contributed by atoms with Crippen molar-refractivity contribution in [3.05, 3.63) is 0 Å². The molecule has 2 N–H and O–H groups in total. The summed E-state index contributed by atoms with van der Waals surface area (Å²) in [6.45, 7) is 9.13. The highest BCUT2D eigenvalue weighted by molar-refractivity contribution is 5.85. The number of carbonyl (C=O) groups excluding carboxylic acids is 1. The van der Waals surface area contributed by atoms with E-state index in [2.05, 4.69) is 20.8 Å². The van der Waals surface area contributed by atoms with Gasteiger partial charge in [0.15, 0.2) is 0 Å². The molecule has 1 fully saturated rings. The molecular weight excluding hydrogens is 302 g/mol. The molecule has 1 aliphatic rings. The van der Waals surface area contributed by atoms with Crippen molar-refractivity contribution in [2.75, 3.05) is 6.61 Å². The highest BCUT2D eigenvalue weighted by Gasteiger charge is 2.32. The minimum Gasteiger partial charge on any atom is -0.459 e. The molecule has 4 atom stereocenters. The van der Waals surface area contributed by atoms with Gasteiger partial charge < -0.3 is 15.2 Å².